The zero-order valence-electron chi connectivity index (χ0n) is 25.2. The lowest BCUT2D eigenvalue weighted by atomic mass is 10.0. The Morgan fingerprint density at radius 3 is 1.54 bits per heavy atom. The fourth-order valence-electron chi connectivity index (χ4n) is 6.94. The molecule has 1 aromatic heterocycles. The Morgan fingerprint density at radius 1 is 0.370 bits per heavy atom. The third-order valence-corrected chi connectivity index (χ3v) is 9.14. The summed E-state index contributed by atoms with van der Waals surface area (Å²) in [5.74, 6) is 0. The van der Waals surface area contributed by atoms with Gasteiger partial charge in [-0.2, -0.15) is 0 Å². The minimum Gasteiger partial charge on any atom is -0.310 e. The van der Waals surface area contributed by atoms with Crippen molar-refractivity contribution in [2.24, 2.45) is 0 Å². The van der Waals surface area contributed by atoms with E-state index in [1.807, 2.05) is 0 Å². The second-order valence-corrected chi connectivity index (χ2v) is 11.8. The standard InChI is InChI=1S/C44H30N2/c1-3-10-31(11-4-1)33-20-24-37(25-21-33)45(38-26-22-34(23-27-38)32-12-5-2-6-13-32)39-28-29-42-36(30-39)19-18-35-14-9-16-41-40-15-7-8-17-43(40)46(42)44(35)41/h1-30H. The Bertz CT molecular complexity index is 2300. The molecule has 46 heavy (non-hydrogen) atoms. The first kappa shape index (κ1) is 26.3. The van der Waals surface area contributed by atoms with E-state index in [4.69, 9.17) is 0 Å². The van der Waals surface area contributed by atoms with Crippen LogP contribution in [0.3, 0.4) is 0 Å². The fraction of sp³-hybridized carbons (Fsp3) is 0. The molecule has 0 amide bonds. The molecule has 7 aromatic carbocycles. The largest absolute Gasteiger partial charge is 0.310 e. The lowest BCUT2D eigenvalue weighted by Gasteiger charge is -2.27. The van der Waals surface area contributed by atoms with Gasteiger partial charge in [0.05, 0.1) is 16.7 Å². The molecule has 2 heterocycles. The molecule has 0 fully saturated rings. The monoisotopic (exact) mass is 586 g/mol. The summed E-state index contributed by atoms with van der Waals surface area (Å²) in [7, 11) is 0. The first-order valence-electron chi connectivity index (χ1n) is 15.8. The minimum atomic E-state index is 1.11. The maximum Gasteiger partial charge on any atom is 0.0613 e. The number of fused-ring (bicyclic) bond motifs is 5. The Labute approximate surface area is 268 Å². The van der Waals surface area contributed by atoms with Gasteiger partial charge in [-0.05, 0) is 76.3 Å². The molecule has 1 aliphatic heterocycles. The minimum absolute atomic E-state index is 1.11. The molecular weight excluding hydrogens is 556 g/mol. The van der Waals surface area contributed by atoms with E-state index in [1.165, 1.54) is 60.9 Å². The molecule has 0 atom stereocenters. The molecular formula is C44H30N2. The highest BCUT2D eigenvalue weighted by molar-refractivity contribution is 6.13. The van der Waals surface area contributed by atoms with E-state index < -0.39 is 0 Å². The van der Waals surface area contributed by atoms with Crippen molar-refractivity contribution in [3.8, 4) is 27.9 Å². The van der Waals surface area contributed by atoms with E-state index in [9.17, 15) is 0 Å². The summed E-state index contributed by atoms with van der Waals surface area (Å²) >= 11 is 0. The summed E-state index contributed by atoms with van der Waals surface area (Å²) in [6.07, 6.45) is 4.53. The Morgan fingerprint density at radius 2 is 0.891 bits per heavy atom. The fourth-order valence-corrected chi connectivity index (χ4v) is 6.94. The molecule has 8 aromatic rings. The van der Waals surface area contributed by atoms with Gasteiger partial charge in [0.2, 0.25) is 0 Å². The predicted octanol–water partition coefficient (Wildman–Crippen LogP) is 12.1. The van der Waals surface area contributed by atoms with Gasteiger partial charge in [-0.15, -0.1) is 0 Å². The summed E-state index contributed by atoms with van der Waals surface area (Å²) in [4.78, 5) is 2.36. The lowest BCUT2D eigenvalue weighted by Crippen LogP contribution is -2.10. The molecule has 2 heteroatoms. The van der Waals surface area contributed by atoms with Gasteiger partial charge in [-0.3, -0.25) is 0 Å². The zero-order chi connectivity index (χ0) is 30.5. The van der Waals surface area contributed by atoms with Gasteiger partial charge in [0, 0.05) is 33.4 Å². The van der Waals surface area contributed by atoms with Gasteiger partial charge in [-0.1, -0.05) is 133 Å². The SMILES string of the molecule is C1=Cc2cccc3c4ccccc4n(c23)-c2ccc(N(c3ccc(-c4ccccc4)cc3)c3ccc(-c4ccccc4)cc3)cc21. The third-order valence-electron chi connectivity index (χ3n) is 9.14. The molecule has 0 spiro atoms. The Kier molecular flexibility index (Phi) is 6.17. The summed E-state index contributed by atoms with van der Waals surface area (Å²) in [6.45, 7) is 0. The van der Waals surface area contributed by atoms with E-state index in [-0.39, 0.29) is 0 Å². The highest BCUT2D eigenvalue weighted by Crippen LogP contribution is 2.42. The van der Waals surface area contributed by atoms with Crippen LogP contribution in [0.5, 0.6) is 0 Å². The van der Waals surface area contributed by atoms with Crippen molar-refractivity contribution in [2.75, 3.05) is 4.90 Å². The number of benzene rings is 7. The highest BCUT2D eigenvalue weighted by atomic mass is 15.1. The van der Waals surface area contributed by atoms with Crippen LogP contribution in [0.2, 0.25) is 0 Å². The number of anilines is 3. The Balaban J connectivity index is 1.20. The van der Waals surface area contributed by atoms with Gasteiger partial charge in [0.25, 0.3) is 0 Å². The molecule has 0 bridgehead atoms. The van der Waals surface area contributed by atoms with Crippen molar-refractivity contribution in [1.29, 1.82) is 0 Å². The van der Waals surface area contributed by atoms with Crippen LogP contribution in [0.4, 0.5) is 17.1 Å². The third kappa shape index (κ3) is 4.35. The molecule has 1 aliphatic rings. The van der Waals surface area contributed by atoms with Gasteiger partial charge in [0.1, 0.15) is 0 Å². The van der Waals surface area contributed by atoms with Crippen molar-refractivity contribution >= 4 is 51.0 Å². The number of para-hydroxylation sites is 2. The number of hydrogen-bond acceptors (Lipinski definition) is 1. The van der Waals surface area contributed by atoms with E-state index in [0.29, 0.717) is 0 Å². The van der Waals surface area contributed by atoms with Gasteiger partial charge in [-0.25, -0.2) is 0 Å². The molecule has 0 unspecified atom stereocenters. The summed E-state index contributed by atoms with van der Waals surface area (Å²) < 4.78 is 2.44. The molecule has 216 valence electrons. The van der Waals surface area contributed by atoms with Crippen LogP contribution < -0.4 is 4.90 Å². The van der Waals surface area contributed by atoms with Gasteiger partial charge >= 0.3 is 0 Å². The molecule has 9 rings (SSSR count). The lowest BCUT2D eigenvalue weighted by molar-refractivity contribution is 1.17. The van der Waals surface area contributed by atoms with Crippen molar-refractivity contribution in [2.45, 2.75) is 0 Å². The van der Waals surface area contributed by atoms with E-state index >= 15 is 0 Å². The summed E-state index contributed by atoms with van der Waals surface area (Å²) in [5, 5.41) is 2.57. The highest BCUT2D eigenvalue weighted by Gasteiger charge is 2.20. The van der Waals surface area contributed by atoms with Crippen LogP contribution in [0, 0.1) is 0 Å². The molecule has 0 aliphatic carbocycles. The second-order valence-electron chi connectivity index (χ2n) is 11.8. The van der Waals surface area contributed by atoms with Gasteiger partial charge < -0.3 is 9.47 Å². The zero-order valence-corrected chi connectivity index (χ0v) is 25.2. The first-order chi connectivity index (χ1) is 22.8. The van der Waals surface area contributed by atoms with Crippen molar-refractivity contribution < 1.29 is 0 Å². The second kappa shape index (κ2) is 10.8. The predicted molar refractivity (Wildman–Crippen MR) is 195 cm³/mol. The van der Waals surface area contributed by atoms with Crippen molar-refractivity contribution in [1.82, 2.24) is 4.57 Å². The van der Waals surface area contributed by atoms with Crippen LogP contribution in [0.15, 0.2) is 170 Å². The van der Waals surface area contributed by atoms with Crippen LogP contribution in [0.1, 0.15) is 11.1 Å². The van der Waals surface area contributed by atoms with Crippen LogP contribution in [0.25, 0.3) is 61.9 Å². The summed E-state index contributed by atoms with van der Waals surface area (Å²) in [6, 6.07) is 61.2. The van der Waals surface area contributed by atoms with Gasteiger partial charge in [0.15, 0.2) is 0 Å². The van der Waals surface area contributed by atoms with E-state index in [1.54, 1.807) is 0 Å². The average molecular weight is 587 g/mol. The van der Waals surface area contributed by atoms with Crippen LogP contribution >= 0.6 is 0 Å². The topological polar surface area (TPSA) is 8.17 Å². The van der Waals surface area contributed by atoms with Crippen LogP contribution in [-0.4, -0.2) is 4.57 Å². The Hall–Kier alpha value is -6.12. The smallest absolute Gasteiger partial charge is 0.0613 e. The molecule has 2 nitrogen and oxygen atoms in total. The van der Waals surface area contributed by atoms with E-state index in [2.05, 4.69) is 191 Å². The number of aromatic nitrogens is 1. The first-order valence-corrected chi connectivity index (χ1v) is 15.8. The average Bonchev–Trinajstić information content (AvgIpc) is 3.37. The maximum absolute atomic E-state index is 2.44. The quantitative estimate of drug-likeness (QED) is 0.195. The molecule has 0 saturated heterocycles. The number of rotatable bonds is 5. The number of hydrogen-bond donors (Lipinski definition) is 0. The van der Waals surface area contributed by atoms with Crippen molar-refractivity contribution in [3.63, 3.8) is 0 Å². The molecule has 0 N–H and O–H groups in total. The van der Waals surface area contributed by atoms with Crippen LogP contribution in [-0.2, 0) is 0 Å². The maximum atomic E-state index is 2.44. The summed E-state index contributed by atoms with van der Waals surface area (Å²) in [5.41, 5.74) is 14.3. The molecule has 0 radical (unpaired) electrons. The number of nitrogens with zero attached hydrogens (tertiary/aromatic N) is 2. The van der Waals surface area contributed by atoms with E-state index in [0.717, 1.165) is 17.1 Å². The molecule has 0 saturated carbocycles. The normalized spacial score (nSPS) is 11.8. The van der Waals surface area contributed by atoms with Crippen molar-refractivity contribution in [3.05, 3.63) is 181 Å².